The van der Waals surface area contributed by atoms with E-state index in [0.717, 1.165) is 45.1 Å². The Morgan fingerprint density at radius 2 is 0.852 bits per heavy atom. The van der Waals surface area contributed by atoms with Gasteiger partial charge in [0.2, 0.25) is 0 Å². The normalized spacial score (nSPS) is 11.2. The molecule has 0 amide bonds. The summed E-state index contributed by atoms with van der Waals surface area (Å²) in [5, 5.41) is 0. The van der Waals surface area contributed by atoms with Gasteiger partial charge < -0.3 is 0 Å². The summed E-state index contributed by atoms with van der Waals surface area (Å²) in [6, 6.07) is 26.9. The van der Waals surface area contributed by atoms with Crippen LogP contribution >= 0.6 is 35.3 Å². The molecular formula is C21H15F3S3. The molecule has 3 aromatic carbocycles. The number of hydrogen-bond donors (Lipinski definition) is 0. The quantitative estimate of drug-likeness (QED) is 0.370. The van der Waals surface area contributed by atoms with Crippen molar-refractivity contribution in [3.05, 3.63) is 100 Å². The number of hydrogen-bond acceptors (Lipinski definition) is 3. The van der Waals surface area contributed by atoms with Gasteiger partial charge in [-0.15, -0.1) is 0 Å². The Morgan fingerprint density at radius 3 is 1.19 bits per heavy atom. The fourth-order valence-corrected chi connectivity index (χ4v) is 5.53. The lowest BCUT2D eigenvalue weighted by molar-refractivity contribution is -0.0835. The molecule has 0 aromatic heterocycles. The zero-order valence-corrected chi connectivity index (χ0v) is 16.5. The van der Waals surface area contributed by atoms with Crippen molar-refractivity contribution in [2.24, 2.45) is 0 Å². The summed E-state index contributed by atoms with van der Waals surface area (Å²) in [5.74, 6) is 0. The molecule has 0 radical (unpaired) electrons. The predicted molar refractivity (Wildman–Crippen MR) is 110 cm³/mol. The first-order valence-corrected chi connectivity index (χ1v) is 10.5. The Morgan fingerprint density at radius 1 is 0.519 bits per heavy atom. The molecule has 27 heavy (non-hydrogen) atoms. The van der Waals surface area contributed by atoms with Crippen LogP contribution in [-0.2, 0) is 0 Å². The molecule has 0 N–H and O–H groups in total. The number of thioether (sulfide) groups is 3. The van der Waals surface area contributed by atoms with E-state index < -0.39 is 11.1 Å². The van der Waals surface area contributed by atoms with Gasteiger partial charge in [0.05, 0.1) is 4.24 Å². The number of halogens is 3. The summed E-state index contributed by atoms with van der Waals surface area (Å²) in [4.78, 5) is 1.50. The smallest absolute Gasteiger partial charge is 0.166 e. The minimum absolute atomic E-state index is 0.216. The highest BCUT2D eigenvalue weighted by Gasteiger charge is 2.38. The van der Waals surface area contributed by atoms with Crippen molar-refractivity contribution < 1.29 is 13.2 Å². The highest BCUT2D eigenvalue weighted by molar-refractivity contribution is 8.23. The van der Waals surface area contributed by atoms with E-state index in [2.05, 4.69) is 0 Å². The minimum Gasteiger partial charge on any atom is -0.166 e. The van der Waals surface area contributed by atoms with Gasteiger partial charge in [-0.1, -0.05) is 89.9 Å². The van der Waals surface area contributed by atoms with Crippen molar-refractivity contribution in [1.82, 2.24) is 0 Å². The third kappa shape index (κ3) is 6.13. The maximum absolute atomic E-state index is 14.0. The van der Waals surface area contributed by atoms with Gasteiger partial charge in [0.1, 0.15) is 4.91 Å². The van der Waals surface area contributed by atoms with Crippen LogP contribution in [0.3, 0.4) is 0 Å². The molecular weight excluding hydrogens is 405 g/mol. The molecule has 0 nitrogen and oxygen atoms in total. The van der Waals surface area contributed by atoms with Crippen LogP contribution in [0, 0.1) is 0 Å². The molecule has 0 unspecified atom stereocenters. The second-order valence-corrected chi connectivity index (χ2v) is 8.87. The summed E-state index contributed by atoms with van der Waals surface area (Å²) in [5.41, 5.74) is 0. The van der Waals surface area contributed by atoms with Crippen LogP contribution in [0.25, 0.3) is 0 Å². The Bertz CT molecular complexity index is 833. The van der Waals surface area contributed by atoms with E-state index in [1.165, 1.54) is 0 Å². The molecule has 6 heteroatoms. The van der Waals surface area contributed by atoms with Crippen LogP contribution in [0.5, 0.6) is 0 Å². The van der Waals surface area contributed by atoms with Gasteiger partial charge in [-0.25, -0.2) is 0 Å². The molecule has 3 rings (SSSR count). The fourth-order valence-electron chi connectivity index (χ4n) is 2.13. The summed E-state index contributed by atoms with van der Waals surface area (Å²) in [6.07, 6.45) is -4.45. The molecule has 0 bridgehead atoms. The molecule has 3 aromatic rings. The van der Waals surface area contributed by atoms with Crippen molar-refractivity contribution in [3.8, 4) is 0 Å². The second kappa shape index (κ2) is 9.44. The molecule has 0 spiro atoms. The number of alkyl halides is 3. The molecule has 0 aliphatic carbocycles. The maximum Gasteiger partial charge on any atom is 0.424 e. The summed E-state index contributed by atoms with van der Waals surface area (Å²) in [7, 11) is 0. The second-order valence-electron chi connectivity index (χ2n) is 5.36. The largest absolute Gasteiger partial charge is 0.424 e. The molecule has 0 heterocycles. The standard InChI is InChI=1S/C21H15F3S3/c22-21(23,24)19(25-16-10-4-1-5-11-16)20(26-17-12-6-2-7-13-17)27-18-14-8-3-9-15-18/h1-15H. The van der Waals surface area contributed by atoms with E-state index in [0.29, 0.717) is 4.90 Å². The van der Waals surface area contributed by atoms with E-state index in [-0.39, 0.29) is 4.24 Å². The third-order valence-electron chi connectivity index (χ3n) is 3.31. The number of rotatable bonds is 6. The summed E-state index contributed by atoms with van der Waals surface area (Å²) in [6.45, 7) is 0. The fraction of sp³-hybridized carbons (Fsp3) is 0.0476. The Labute approximate surface area is 169 Å². The van der Waals surface area contributed by atoms with Gasteiger partial charge in [-0.2, -0.15) is 13.2 Å². The van der Waals surface area contributed by atoms with E-state index in [1.807, 2.05) is 60.7 Å². The van der Waals surface area contributed by atoms with Crippen LogP contribution in [0.15, 0.2) is 115 Å². The van der Waals surface area contributed by atoms with Crippen LogP contribution in [0.4, 0.5) is 13.2 Å². The monoisotopic (exact) mass is 420 g/mol. The highest BCUT2D eigenvalue weighted by atomic mass is 32.2. The zero-order chi connectivity index (χ0) is 19.1. The summed E-state index contributed by atoms with van der Waals surface area (Å²) >= 11 is 3.03. The number of allylic oxidation sites excluding steroid dienone is 1. The molecule has 0 aliphatic rings. The van der Waals surface area contributed by atoms with Crippen LogP contribution < -0.4 is 0 Å². The zero-order valence-electron chi connectivity index (χ0n) is 14.0. The van der Waals surface area contributed by atoms with Crippen LogP contribution in [0.2, 0.25) is 0 Å². The van der Waals surface area contributed by atoms with Crippen LogP contribution in [0.1, 0.15) is 0 Å². The first-order chi connectivity index (χ1) is 13.0. The Hall–Kier alpha value is -1.76. The first-order valence-electron chi connectivity index (χ1n) is 8.02. The van der Waals surface area contributed by atoms with Gasteiger partial charge in [0.15, 0.2) is 0 Å². The topological polar surface area (TPSA) is 0 Å². The lowest BCUT2D eigenvalue weighted by Crippen LogP contribution is -2.10. The highest BCUT2D eigenvalue weighted by Crippen LogP contribution is 2.50. The number of benzene rings is 3. The van der Waals surface area contributed by atoms with Crippen molar-refractivity contribution in [2.45, 2.75) is 20.9 Å². The average molecular weight is 421 g/mol. The Kier molecular flexibility index (Phi) is 6.99. The van der Waals surface area contributed by atoms with Gasteiger partial charge in [0, 0.05) is 14.7 Å². The van der Waals surface area contributed by atoms with E-state index in [4.69, 9.17) is 0 Å². The minimum atomic E-state index is -4.45. The van der Waals surface area contributed by atoms with Gasteiger partial charge in [-0.3, -0.25) is 0 Å². The van der Waals surface area contributed by atoms with Crippen molar-refractivity contribution in [3.63, 3.8) is 0 Å². The van der Waals surface area contributed by atoms with E-state index in [9.17, 15) is 13.2 Å². The predicted octanol–water partition coefficient (Wildman–Crippen LogP) is 8.09. The lowest BCUT2D eigenvalue weighted by atomic mass is 10.4. The van der Waals surface area contributed by atoms with E-state index in [1.54, 1.807) is 30.3 Å². The SMILES string of the molecule is FC(F)(F)C(Sc1ccccc1)=C(Sc1ccccc1)Sc1ccccc1. The van der Waals surface area contributed by atoms with Gasteiger partial charge >= 0.3 is 6.18 Å². The molecule has 0 saturated carbocycles. The molecule has 138 valence electrons. The molecule has 0 fully saturated rings. The molecule has 0 saturated heterocycles. The van der Waals surface area contributed by atoms with Crippen LogP contribution in [-0.4, -0.2) is 6.18 Å². The van der Waals surface area contributed by atoms with Crippen molar-refractivity contribution in [1.29, 1.82) is 0 Å². The maximum atomic E-state index is 14.0. The van der Waals surface area contributed by atoms with E-state index >= 15 is 0 Å². The summed E-state index contributed by atoms with van der Waals surface area (Å²) < 4.78 is 42.1. The first kappa shape index (κ1) is 20.0. The average Bonchev–Trinajstić information content (AvgIpc) is 2.67. The van der Waals surface area contributed by atoms with Gasteiger partial charge in [-0.05, 0) is 36.4 Å². The lowest BCUT2D eigenvalue weighted by Gasteiger charge is -2.17. The Balaban J connectivity index is 2.03. The van der Waals surface area contributed by atoms with Crippen molar-refractivity contribution in [2.75, 3.05) is 0 Å². The molecule has 0 atom stereocenters. The third-order valence-corrected chi connectivity index (χ3v) is 7.01. The van der Waals surface area contributed by atoms with Gasteiger partial charge in [0.25, 0.3) is 0 Å². The van der Waals surface area contributed by atoms with Crippen molar-refractivity contribution >= 4 is 35.3 Å². The molecule has 0 aliphatic heterocycles.